The van der Waals surface area contributed by atoms with Crippen LogP contribution in [0.15, 0.2) is 0 Å². The summed E-state index contributed by atoms with van der Waals surface area (Å²) in [5, 5.41) is 9.46. The standard InChI is InChI=1S/C4H3Br6FO/c5-1-2(6,7)3(8,9)4(10,11)12/h12H,1H2. The topological polar surface area (TPSA) is 20.2 Å². The molecular formula is C4H3Br6FO. The summed E-state index contributed by atoms with van der Waals surface area (Å²) in [5.74, 6) is 0. The van der Waals surface area contributed by atoms with Crippen LogP contribution in [0.4, 0.5) is 4.39 Å². The van der Waals surface area contributed by atoms with Gasteiger partial charge in [0.1, 0.15) is 3.23 Å². The summed E-state index contributed by atoms with van der Waals surface area (Å²) >= 11 is 18.0. The lowest BCUT2D eigenvalue weighted by molar-refractivity contribution is 0.00447. The monoisotopic (exact) mass is 560 g/mol. The van der Waals surface area contributed by atoms with Crippen LogP contribution in [0.3, 0.4) is 0 Å². The third-order valence-electron chi connectivity index (χ3n) is 1.00. The molecule has 0 aromatic rings. The maximum absolute atomic E-state index is 13.1. The van der Waals surface area contributed by atoms with Gasteiger partial charge in [-0.2, -0.15) is 4.39 Å². The molecule has 0 spiro atoms. The minimum absolute atomic E-state index is 0.369. The lowest BCUT2D eigenvalue weighted by Gasteiger charge is -2.37. The highest BCUT2D eigenvalue weighted by Gasteiger charge is 2.58. The van der Waals surface area contributed by atoms with E-state index < -0.39 is 11.2 Å². The van der Waals surface area contributed by atoms with Gasteiger partial charge in [0.05, 0.1) is 0 Å². The number of rotatable bonds is 3. The third kappa shape index (κ3) is 3.13. The fourth-order valence-corrected chi connectivity index (χ4v) is 3.15. The predicted octanol–water partition coefficient (Wildman–Crippen LogP) is 4.36. The molecule has 0 heterocycles. The largest absolute Gasteiger partial charge is 0.351 e. The Morgan fingerprint density at radius 3 is 1.50 bits per heavy atom. The van der Waals surface area contributed by atoms with Crippen LogP contribution in [0, 0.1) is 0 Å². The molecular weight excluding hydrogens is 562 g/mol. The van der Waals surface area contributed by atoms with Gasteiger partial charge in [-0.3, -0.25) is 0 Å². The average molecular weight is 565 g/mol. The average Bonchev–Trinajstić information content (AvgIpc) is 1.85. The van der Waals surface area contributed by atoms with Gasteiger partial charge in [-0.15, -0.1) is 0 Å². The first kappa shape index (κ1) is 14.8. The normalized spacial score (nSPS) is 19.0. The summed E-state index contributed by atoms with van der Waals surface area (Å²) in [5.41, 5.74) is 0. The Morgan fingerprint density at radius 2 is 1.42 bits per heavy atom. The minimum atomic E-state index is -2.60. The van der Waals surface area contributed by atoms with Crippen LogP contribution in [0.2, 0.25) is 0 Å². The van der Waals surface area contributed by atoms with Gasteiger partial charge < -0.3 is 5.11 Å². The summed E-state index contributed by atoms with van der Waals surface area (Å²) in [4.78, 5) is 0. The zero-order valence-corrected chi connectivity index (χ0v) is 14.8. The highest BCUT2D eigenvalue weighted by atomic mass is 79.9. The molecule has 1 unspecified atom stereocenters. The van der Waals surface area contributed by atoms with Crippen LogP contribution in [-0.4, -0.2) is 21.7 Å². The Bertz CT molecular complexity index is 163. The molecule has 0 fully saturated rings. The molecule has 0 saturated heterocycles. The third-order valence-corrected chi connectivity index (χ3v) is 11.3. The van der Waals surface area contributed by atoms with Crippen LogP contribution in [0.1, 0.15) is 0 Å². The Labute approximate surface area is 120 Å². The molecule has 0 aliphatic heterocycles. The van der Waals surface area contributed by atoms with Crippen molar-refractivity contribution in [3.8, 4) is 0 Å². The van der Waals surface area contributed by atoms with Crippen LogP contribution in [-0.2, 0) is 0 Å². The van der Waals surface area contributed by atoms with E-state index in [1.54, 1.807) is 0 Å². The zero-order valence-electron chi connectivity index (χ0n) is 5.30. The van der Waals surface area contributed by atoms with Gasteiger partial charge in [-0.1, -0.05) is 79.6 Å². The minimum Gasteiger partial charge on any atom is -0.351 e. The van der Waals surface area contributed by atoms with E-state index >= 15 is 0 Å². The van der Waals surface area contributed by atoms with Crippen molar-refractivity contribution in [2.75, 3.05) is 5.33 Å². The van der Waals surface area contributed by atoms with Gasteiger partial charge in [0.25, 0.3) is 4.76 Å². The summed E-state index contributed by atoms with van der Waals surface area (Å²) < 4.78 is 8.28. The molecule has 1 nitrogen and oxygen atoms in total. The van der Waals surface area contributed by atoms with E-state index in [9.17, 15) is 4.39 Å². The molecule has 0 saturated carbocycles. The summed E-state index contributed by atoms with van der Waals surface area (Å²) in [6.07, 6.45) is 0. The fraction of sp³-hybridized carbons (Fsp3) is 1.00. The quantitative estimate of drug-likeness (QED) is 0.505. The second-order valence-electron chi connectivity index (χ2n) is 1.95. The van der Waals surface area contributed by atoms with E-state index in [2.05, 4.69) is 95.6 Å². The van der Waals surface area contributed by atoms with Crippen molar-refractivity contribution in [2.24, 2.45) is 0 Å². The van der Waals surface area contributed by atoms with E-state index in [-0.39, 0.29) is 0 Å². The van der Waals surface area contributed by atoms with Gasteiger partial charge in [0.2, 0.25) is 0 Å². The molecule has 0 aliphatic carbocycles. The van der Waals surface area contributed by atoms with E-state index in [0.29, 0.717) is 5.33 Å². The van der Waals surface area contributed by atoms with E-state index in [1.807, 2.05) is 0 Å². The Morgan fingerprint density at radius 1 is 1.08 bits per heavy atom. The van der Waals surface area contributed by atoms with Crippen LogP contribution >= 0.6 is 95.6 Å². The highest BCUT2D eigenvalue weighted by molar-refractivity contribution is 9.31. The number of alkyl halides is 7. The Balaban J connectivity index is 4.85. The molecule has 0 aromatic heterocycles. The molecule has 0 radical (unpaired) electrons. The van der Waals surface area contributed by atoms with Crippen molar-refractivity contribution < 1.29 is 9.50 Å². The number of hydrogen-bond acceptors (Lipinski definition) is 1. The van der Waals surface area contributed by atoms with Crippen molar-refractivity contribution >= 4 is 95.6 Å². The van der Waals surface area contributed by atoms with E-state index in [0.717, 1.165) is 0 Å². The molecule has 74 valence electrons. The fourth-order valence-electron chi connectivity index (χ4n) is 0.304. The number of aliphatic hydroxyl groups is 1. The SMILES string of the molecule is OC(F)(Br)C(Br)(Br)C(Br)(Br)CBr. The van der Waals surface area contributed by atoms with Crippen molar-refractivity contribution in [2.45, 2.75) is 11.2 Å². The first-order valence-corrected chi connectivity index (χ1v) is 7.56. The lowest BCUT2D eigenvalue weighted by Crippen LogP contribution is -2.49. The number of halogens is 7. The van der Waals surface area contributed by atoms with Crippen LogP contribution < -0.4 is 0 Å². The predicted molar refractivity (Wildman–Crippen MR) is 69.9 cm³/mol. The molecule has 0 amide bonds. The molecule has 0 rings (SSSR count). The van der Waals surface area contributed by atoms with E-state index in [1.165, 1.54) is 0 Å². The summed E-state index contributed by atoms with van der Waals surface area (Å²) in [7, 11) is 0. The van der Waals surface area contributed by atoms with Crippen molar-refractivity contribution in [1.82, 2.24) is 0 Å². The van der Waals surface area contributed by atoms with Crippen molar-refractivity contribution in [1.29, 1.82) is 0 Å². The first-order valence-electron chi connectivity index (χ1n) is 2.48. The Hall–Kier alpha value is 2.77. The van der Waals surface area contributed by atoms with E-state index in [4.69, 9.17) is 5.11 Å². The maximum atomic E-state index is 13.1. The lowest BCUT2D eigenvalue weighted by atomic mass is 10.3. The van der Waals surface area contributed by atoms with Crippen molar-refractivity contribution in [3.63, 3.8) is 0 Å². The molecule has 0 aromatic carbocycles. The van der Waals surface area contributed by atoms with Gasteiger partial charge in [0, 0.05) is 5.33 Å². The number of hydrogen-bond donors (Lipinski definition) is 1. The van der Waals surface area contributed by atoms with Crippen LogP contribution in [0.5, 0.6) is 0 Å². The summed E-state index contributed by atoms with van der Waals surface area (Å²) in [6, 6.07) is 0. The van der Waals surface area contributed by atoms with Crippen molar-refractivity contribution in [3.05, 3.63) is 0 Å². The molecule has 1 N–H and O–H groups in total. The van der Waals surface area contributed by atoms with Gasteiger partial charge >= 0.3 is 0 Å². The van der Waals surface area contributed by atoms with Crippen LogP contribution in [0.25, 0.3) is 0 Å². The Kier molecular flexibility index (Phi) is 5.83. The van der Waals surface area contributed by atoms with Gasteiger partial charge in [-0.05, 0) is 15.9 Å². The second kappa shape index (κ2) is 4.74. The molecule has 1 atom stereocenters. The smallest absolute Gasteiger partial charge is 0.290 e. The molecule has 12 heavy (non-hydrogen) atoms. The first-order chi connectivity index (χ1) is 5.06. The van der Waals surface area contributed by atoms with Gasteiger partial charge in [0.15, 0.2) is 3.23 Å². The molecule has 8 heteroatoms. The molecule has 0 bridgehead atoms. The highest BCUT2D eigenvalue weighted by Crippen LogP contribution is 2.57. The molecule has 0 aliphatic rings. The van der Waals surface area contributed by atoms with Gasteiger partial charge in [-0.25, -0.2) is 0 Å². The zero-order chi connectivity index (χ0) is 10.2. The summed E-state index contributed by atoms with van der Waals surface area (Å²) in [6.45, 7) is 0. The second-order valence-corrected chi connectivity index (χ2v) is 10.8. The maximum Gasteiger partial charge on any atom is 0.290 e.